The summed E-state index contributed by atoms with van der Waals surface area (Å²) in [6.45, 7) is 2.24. The van der Waals surface area contributed by atoms with Gasteiger partial charge in [0.25, 0.3) is 0 Å². The van der Waals surface area contributed by atoms with Crippen molar-refractivity contribution in [1.82, 2.24) is 10.3 Å². The van der Waals surface area contributed by atoms with Crippen molar-refractivity contribution >= 4 is 5.69 Å². The van der Waals surface area contributed by atoms with E-state index in [0.29, 0.717) is 6.04 Å². The molecular weight excluding hydrogens is 162 g/mol. The van der Waals surface area contributed by atoms with Crippen LogP contribution in [0, 0.1) is 0 Å². The Bertz CT molecular complexity index is 254. The molecule has 1 atom stereocenters. The van der Waals surface area contributed by atoms with E-state index in [-0.39, 0.29) is 0 Å². The summed E-state index contributed by atoms with van der Waals surface area (Å²) in [7, 11) is 2.15. The Labute approximate surface area is 78.8 Å². The number of nitrogens with one attached hydrogen (secondary N) is 1. The quantitative estimate of drug-likeness (QED) is 0.727. The third-order valence-corrected chi connectivity index (χ3v) is 2.65. The zero-order chi connectivity index (χ0) is 9.10. The summed E-state index contributed by atoms with van der Waals surface area (Å²) in [5.74, 6) is 0. The predicted molar refractivity (Wildman–Crippen MR) is 53.9 cm³/mol. The molecule has 1 fully saturated rings. The lowest BCUT2D eigenvalue weighted by atomic mass is 10.2. The van der Waals surface area contributed by atoms with Crippen LogP contribution in [0.3, 0.4) is 0 Å². The number of nitrogens with zero attached hydrogens (tertiary/aromatic N) is 2. The van der Waals surface area contributed by atoms with Gasteiger partial charge in [-0.25, -0.2) is 0 Å². The number of anilines is 1. The van der Waals surface area contributed by atoms with Crippen LogP contribution in [0.1, 0.15) is 6.42 Å². The van der Waals surface area contributed by atoms with Crippen molar-refractivity contribution in [3.8, 4) is 0 Å². The van der Waals surface area contributed by atoms with Gasteiger partial charge in [-0.2, -0.15) is 0 Å². The van der Waals surface area contributed by atoms with Gasteiger partial charge >= 0.3 is 0 Å². The highest BCUT2D eigenvalue weighted by Crippen LogP contribution is 2.16. The molecule has 1 aliphatic heterocycles. The van der Waals surface area contributed by atoms with Crippen LogP contribution < -0.4 is 10.2 Å². The number of pyridine rings is 1. The highest BCUT2D eigenvalue weighted by Gasteiger charge is 2.18. The normalized spacial score (nSPS) is 21.8. The Kier molecular flexibility index (Phi) is 2.45. The summed E-state index contributed by atoms with van der Waals surface area (Å²) in [6.07, 6.45) is 4.92. The van der Waals surface area contributed by atoms with Crippen molar-refractivity contribution in [2.24, 2.45) is 0 Å². The van der Waals surface area contributed by atoms with Crippen molar-refractivity contribution in [2.45, 2.75) is 12.5 Å². The van der Waals surface area contributed by atoms with Gasteiger partial charge in [0, 0.05) is 37.7 Å². The lowest BCUT2D eigenvalue weighted by Gasteiger charge is -2.25. The van der Waals surface area contributed by atoms with Gasteiger partial charge in [-0.15, -0.1) is 0 Å². The molecule has 0 bridgehead atoms. The number of rotatable bonds is 2. The number of hydrogen-bond acceptors (Lipinski definition) is 3. The van der Waals surface area contributed by atoms with Crippen LogP contribution in [0.15, 0.2) is 24.5 Å². The maximum absolute atomic E-state index is 4.01. The predicted octanol–water partition coefficient (Wildman–Crippen LogP) is 0.880. The maximum Gasteiger partial charge on any atom is 0.0423 e. The summed E-state index contributed by atoms with van der Waals surface area (Å²) in [5, 5.41) is 3.37. The molecule has 1 aromatic heterocycles. The third kappa shape index (κ3) is 1.80. The molecule has 0 aromatic carbocycles. The van der Waals surface area contributed by atoms with Gasteiger partial charge in [-0.1, -0.05) is 0 Å². The fraction of sp³-hybridized carbons (Fsp3) is 0.500. The van der Waals surface area contributed by atoms with Crippen LogP contribution in [0.25, 0.3) is 0 Å². The molecule has 0 spiro atoms. The van der Waals surface area contributed by atoms with Crippen LogP contribution in [0.4, 0.5) is 5.69 Å². The van der Waals surface area contributed by atoms with E-state index in [4.69, 9.17) is 0 Å². The number of likely N-dealkylation sites (N-methyl/N-ethyl adjacent to an activating group) is 1. The zero-order valence-electron chi connectivity index (χ0n) is 7.90. The van der Waals surface area contributed by atoms with Gasteiger partial charge in [0.2, 0.25) is 0 Å². The fourth-order valence-corrected chi connectivity index (χ4v) is 1.76. The van der Waals surface area contributed by atoms with E-state index in [0.717, 1.165) is 13.1 Å². The van der Waals surface area contributed by atoms with Crippen molar-refractivity contribution in [3.63, 3.8) is 0 Å². The van der Waals surface area contributed by atoms with E-state index in [1.54, 1.807) is 0 Å². The molecule has 70 valence electrons. The summed E-state index contributed by atoms with van der Waals surface area (Å²) >= 11 is 0. The largest absolute Gasteiger partial charge is 0.370 e. The molecule has 1 saturated heterocycles. The monoisotopic (exact) mass is 177 g/mol. The Hall–Kier alpha value is -1.09. The Morgan fingerprint density at radius 2 is 2.23 bits per heavy atom. The molecule has 2 rings (SSSR count). The average Bonchev–Trinajstić information content (AvgIpc) is 2.71. The Morgan fingerprint density at radius 1 is 1.46 bits per heavy atom. The topological polar surface area (TPSA) is 28.2 Å². The second kappa shape index (κ2) is 3.75. The molecule has 13 heavy (non-hydrogen) atoms. The van der Waals surface area contributed by atoms with Gasteiger partial charge in [0.05, 0.1) is 0 Å². The molecule has 1 N–H and O–H groups in total. The van der Waals surface area contributed by atoms with Crippen LogP contribution in [-0.2, 0) is 0 Å². The van der Waals surface area contributed by atoms with E-state index in [2.05, 4.69) is 34.4 Å². The van der Waals surface area contributed by atoms with Gasteiger partial charge < -0.3 is 10.2 Å². The Morgan fingerprint density at radius 3 is 2.85 bits per heavy atom. The van der Waals surface area contributed by atoms with E-state index in [9.17, 15) is 0 Å². The number of hydrogen-bond donors (Lipinski definition) is 1. The smallest absolute Gasteiger partial charge is 0.0423 e. The molecule has 3 nitrogen and oxygen atoms in total. The molecule has 0 amide bonds. The number of aromatic nitrogens is 1. The first-order chi connectivity index (χ1) is 6.38. The van der Waals surface area contributed by atoms with Gasteiger partial charge in [0.15, 0.2) is 0 Å². The van der Waals surface area contributed by atoms with Gasteiger partial charge in [-0.05, 0) is 25.1 Å². The summed E-state index contributed by atoms with van der Waals surface area (Å²) in [4.78, 5) is 6.33. The SMILES string of the molecule is CN(c1ccncc1)C1CCNC1. The first-order valence-corrected chi connectivity index (χ1v) is 4.71. The van der Waals surface area contributed by atoms with Crippen LogP contribution >= 0.6 is 0 Å². The highest BCUT2D eigenvalue weighted by molar-refractivity contribution is 5.45. The van der Waals surface area contributed by atoms with E-state index in [1.807, 2.05) is 12.4 Å². The van der Waals surface area contributed by atoms with E-state index < -0.39 is 0 Å². The molecule has 0 aliphatic carbocycles. The summed E-state index contributed by atoms with van der Waals surface area (Å²) in [6, 6.07) is 4.75. The second-order valence-corrected chi connectivity index (χ2v) is 3.46. The molecule has 2 heterocycles. The molecule has 0 saturated carbocycles. The first-order valence-electron chi connectivity index (χ1n) is 4.71. The fourth-order valence-electron chi connectivity index (χ4n) is 1.76. The standard InChI is InChI=1S/C10H15N3/c1-13(10-4-7-12-8-10)9-2-5-11-6-3-9/h2-3,5-6,10,12H,4,7-8H2,1H3. The highest BCUT2D eigenvalue weighted by atomic mass is 15.2. The lowest BCUT2D eigenvalue weighted by molar-refractivity contribution is 0.685. The minimum Gasteiger partial charge on any atom is -0.370 e. The lowest BCUT2D eigenvalue weighted by Crippen LogP contribution is -2.33. The van der Waals surface area contributed by atoms with Crippen molar-refractivity contribution in [3.05, 3.63) is 24.5 Å². The average molecular weight is 177 g/mol. The molecule has 1 aromatic rings. The van der Waals surface area contributed by atoms with Crippen LogP contribution in [-0.4, -0.2) is 31.2 Å². The molecular formula is C10H15N3. The van der Waals surface area contributed by atoms with E-state index >= 15 is 0 Å². The zero-order valence-corrected chi connectivity index (χ0v) is 7.90. The molecule has 1 unspecified atom stereocenters. The first kappa shape index (κ1) is 8.51. The Balaban J connectivity index is 2.08. The van der Waals surface area contributed by atoms with Crippen molar-refractivity contribution in [1.29, 1.82) is 0 Å². The van der Waals surface area contributed by atoms with Crippen LogP contribution in [0.5, 0.6) is 0 Å². The molecule has 0 radical (unpaired) electrons. The van der Waals surface area contributed by atoms with Crippen LogP contribution in [0.2, 0.25) is 0 Å². The molecule has 1 aliphatic rings. The molecule has 3 heteroatoms. The second-order valence-electron chi connectivity index (χ2n) is 3.46. The minimum atomic E-state index is 0.641. The van der Waals surface area contributed by atoms with E-state index in [1.165, 1.54) is 12.1 Å². The van der Waals surface area contributed by atoms with Gasteiger partial charge in [-0.3, -0.25) is 4.98 Å². The third-order valence-electron chi connectivity index (χ3n) is 2.65. The van der Waals surface area contributed by atoms with Crippen molar-refractivity contribution in [2.75, 3.05) is 25.0 Å². The minimum absolute atomic E-state index is 0.641. The summed E-state index contributed by atoms with van der Waals surface area (Å²) in [5.41, 5.74) is 1.25. The maximum atomic E-state index is 4.01. The summed E-state index contributed by atoms with van der Waals surface area (Å²) < 4.78 is 0. The van der Waals surface area contributed by atoms with Crippen molar-refractivity contribution < 1.29 is 0 Å². The van der Waals surface area contributed by atoms with Gasteiger partial charge in [0.1, 0.15) is 0 Å².